The van der Waals surface area contributed by atoms with Crippen LogP contribution in [-0.2, 0) is 6.42 Å². The maximum atomic E-state index is 12.2. The highest BCUT2D eigenvalue weighted by atomic mass is 35.5. The fraction of sp³-hybridized carbons (Fsp3) is 0.200. The first-order valence-corrected chi connectivity index (χ1v) is 20.4. The normalized spacial score (nSPS) is 10.1. The van der Waals surface area contributed by atoms with Gasteiger partial charge in [-0.2, -0.15) is 38.7 Å². The monoisotopic (exact) mass is 969 g/mol. The van der Waals surface area contributed by atoms with Crippen molar-refractivity contribution in [3.05, 3.63) is 153 Å². The summed E-state index contributed by atoms with van der Waals surface area (Å²) in [5.74, 6) is 0.802. The highest BCUT2D eigenvalue weighted by Crippen LogP contribution is 2.25. The third kappa shape index (κ3) is 19.0. The number of alkyl halides is 2. The fourth-order valence-corrected chi connectivity index (χ4v) is 6.05. The lowest BCUT2D eigenvalue weighted by atomic mass is 9.80. The fourth-order valence-electron chi connectivity index (χ4n) is 5.46. The van der Waals surface area contributed by atoms with Gasteiger partial charge in [0.1, 0.15) is 27.0 Å². The molecule has 0 saturated carbocycles. The molecule has 20 heteroatoms. The van der Waals surface area contributed by atoms with Crippen LogP contribution in [-0.4, -0.2) is 81.6 Å². The third-order valence-corrected chi connectivity index (χ3v) is 8.99. The molecule has 0 fully saturated rings. The van der Waals surface area contributed by atoms with E-state index in [-0.39, 0.29) is 46.5 Å². The Labute approximate surface area is 397 Å². The highest BCUT2D eigenvalue weighted by molar-refractivity contribution is 6.58. The van der Waals surface area contributed by atoms with Gasteiger partial charge in [0.15, 0.2) is 0 Å². The maximum absolute atomic E-state index is 12.2. The Hall–Kier alpha value is -5.88. The van der Waals surface area contributed by atoms with Gasteiger partial charge in [0.2, 0.25) is 0 Å². The summed E-state index contributed by atoms with van der Waals surface area (Å²) >= 11 is 16.9. The van der Waals surface area contributed by atoms with Crippen LogP contribution in [0.4, 0.5) is 14.6 Å². The quantitative estimate of drug-likeness (QED) is 0.0783. The topological polar surface area (TPSA) is 167 Å². The predicted molar refractivity (Wildman–Crippen MR) is 255 cm³/mol. The molecule has 3 aromatic heterocycles. The number of ether oxygens (including phenoxy) is 4. The van der Waals surface area contributed by atoms with E-state index in [1.54, 1.807) is 36.4 Å². The molecule has 7 aromatic rings. The summed E-state index contributed by atoms with van der Waals surface area (Å²) in [6.07, 6.45) is 0.695. The summed E-state index contributed by atoms with van der Waals surface area (Å²) in [4.78, 5) is 24.3. The second-order valence-corrected chi connectivity index (χ2v) is 14.6. The van der Waals surface area contributed by atoms with Crippen LogP contribution in [0.1, 0.15) is 22.3 Å². The van der Waals surface area contributed by atoms with E-state index in [4.69, 9.17) is 54.3 Å². The van der Waals surface area contributed by atoms with Crippen molar-refractivity contribution in [3.63, 3.8) is 0 Å². The van der Waals surface area contributed by atoms with Crippen LogP contribution in [0.2, 0.25) is 15.5 Å². The van der Waals surface area contributed by atoms with Crippen molar-refractivity contribution >= 4 is 65.6 Å². The molecule has 4 aromatic carbocycles. The molecule has 0 bridgehead atoms. The average molecular weight is 972 g/mol. The first kappa shape index (κ1) is 53.5. The Kier molecular flexibility index (Phi) is 22.6. The lowest BCUT2D eigenvalue weighted by Crippen LogP contribution is -2.29. The van der Waals surface area contributed by atoms with Gasteiger partial charge in [0, 0.05) is 35.9 Å². The zero-order valence-corrected chi connectivity index (χ0v) is 39.1. The zero-order chi connectivity index (χ0) is 46.6. The summed E-state index contributed by atoms with van der Waals surface area (Å²) in [5, 5.41) is 21.6. The van der Waals surface area contributed by atoms with Crippen molar-refractivity contribution in [3.8, 4) is 46.3 Å². The van der Waals surface area contributed by atoms with Crippen molar-refractivity contribution in [1.29, 1.82) is 0 Å². The molecule has 13 nitrogen and oxygen atoms in total. The molecular formula is C45H46BCl4F2N7O6. The summed E-state index contributed by atoms with van der Waals surface area (Å²) in [7, 11) is 3.15. The third-order valence-electron chi connectivity index (χ3n) is 8.41. The molecule has 342 valence electrons. The SMILES string of the molecule is COc1nc(Cl)cc(-c2cccc(C)c2)n1.COc1nc(Cl)cc(Cl)n1.COc1nc(NCCc2ccc(OC(F)F)cc2)cc(-c2cccc(C)c2)n1.Cc1cccc(B(O)O)c1.Cl. The lowest BCUT2D eigenvalue weighted by Gasteiger charge is -2.10. The van der Waals surface area contributed by atoms with Crippen LogP contribution in [0.3, 0.4) is 0 Å². The molecule has 0 amide bonds. The molecule has 3 heterocycles. The number of hydrogen-bond donors (Lipinski definition) is 3. The Morgan fingerprint density at radius 3 is 1.51 bits per heavy atom. The Balaban J connectivity index is 0.000000255. The van der Waals surface area contributed by atoms with Crippen LogP contribution >= 0.6 is 47.2 Å². The van der Waals surface area contributed by atoms with Crippen LogP contribution in [0.15, 0.2) is 115 Å². The van der Waals surface area contributed by atoms with Crippen LogP contribution in [0.5, 0.6) is 23.8 Å². The average Bonchev–Trinajstić information content (AvgIpc) is 3.27. The first-order chi connectivity index (χ1) is 30.6. The Morgan fingerprint density at radius 1 is 0.585 bits per heavy atom. The summed E-state index contributed by atoms with van der Waals surface area (Å²) < 4.78 is 43.6. The largest absolute Gasteiger partial charge is 0.488 e. The number of hydrogen-bond acceptors (Lipinski definition) is 13. The first-order valence-electron chi connectivity index (χ1n) is 19.2. The van der Waals surface area contributed by atoms with Gasteiger partial charge in [-0.3, -0.25) is 0 Å². The lowest BCUT2D eigenvalue weighted by molar-refractivity contribution is -0.0498. The minimum Gasteiger partial charge on any atom is -0.467 e. The molecule has 0 aliphatic rings. The summed E-state index contributed by atoms with van der Waals surface area (Å²) in [5.41, 5.74) is 8.41. The predicted octanol–water partition coefficient (Wildman–Crippen LogP) is 9.72. The minimum atomic E-state index is -2.82. The number of aryl methyl sites for hydroxylation is 3. The molecule has 0 aliphatic heterocycles. The number of aromatic nitrogens is 6. The standard InChI is InChI=1S/C21H21F2N3O2.C12H11ClN2O.C7H9BO2.C5H4Cl2N2O.ClH/c1-14-4-3-5-16(12-14)18-13-19(26-21(25-18)27-2)24-11-10-15-6-8-17(9-7-15)28-20(22)23;1-8-4-3-5-9(6-8)10-7-11(13)15-12(14-10)16-2;1-6-3-2-4-7(5-6)8(9)10;1-10-5-8-3(6)2-4(7)9-5;/h3-9,12-13,20H,10-11H2,1-2H3,(H,24,25,26);3-7H,1-2H3;2-5,9-10H,1H3;2H,1H3;1H. The van der Waals surface area contributed by atoms with E-state index in [1.165, 1.54) is 45.1 Å². The van der Waals surface area contributed by atoms with Gasteiger partial charge in [-0.1, -0.05) is 124 Å². The van der Waals surface area contributed by atoms with Crippen molar-refractivity contribution in [1.82, 2.24) is 29.9 Å². The van der Waals surface area contributed by atoms with E-state index in [0.717, 1.165) is 39.2 Å². The number of halogens is 6. The van der Waals surface area contributed by atoms with E-state index < -0.39 is 13.7 Å². The van der Waals surface area contributed by atoms with Gasteiger partial charge in [-0.05, 0) is 62.5 Å². The zero-order valence-electron chi connectivity index (χ0n) is 36.0. The number of nitrogens with one attached hydrogen (secondary N) is 1. The molecule has 65 heavy (non-hydrogen) atoms. The van der Waals surface area contributed by atoms with E-state index in [1.807, 2.05) is 75.4 Å². The van der Waals surface area contributed by atoms with Crippen molar-refractivity contribution in [2.45, 2.75) is 33.8 Å². The molecule has 0 spiro atoms. The van der Waals surface area contributed by atoms with E-state index in [9.17, 15) is 8.78 Å². The number of anilines is 1. The second-order valence-electron chi connectivity index (χ2n) is 13.4. The Morgan fingerprint density at radius 2 is 1.05 bits per heavy atom. The van der Waals surface area contributed by atoms with Crippen LogP contribution < -0.4 is 29.7 Å². The second kappa shape index (κ2) is 27.5. The molecular weight excluding hydrogens is 925 g/mol. The number of benzene rings is 4. The molecule has 0 radical (unpaired) electrons. The van der Waals surface area contributed by atoms with Gasteiger partial charge in [-0.25, -0.2) is 0 Å². The van der Waals surface area contributed by atoms with Crippen LogP contribution in [0, 0.1) is 20.8 Å². The van der Waals surface area contributed by atoms with Crippen LogP contribution in [0.25, 0.3) is 22.5 Å². The van der Waals surface area contributed by atoms with Crippen molar-refractivity contribution in [2.75, 3.05) is 33.2 Å². The van der Waals surface area contributed by atoms with E-state index >= 15 is 0 Å². The van der Waals surface area contributed by atoms with Gasteiger partial charge in [0.05, 0.1) is 32.7 Å². The summed E-state index contributed by atoms with van der Waals surface area (Å²) in [6.45, 7) is 3.76. The maximum Gasteiger partial charge on any atom is 0.488 e. The minimum absolute atomic E-state index is 0. The Bertz CT molecular complexity index is 2530. The molecule has 0 atom stereocenters. The number of nitrogens with zero attached hydrogens (tertiary/aromatic N) is 6. The van der Waals surface area contributed by atoms with Crippen molar-refractivity contribution < 1.29 is 37.8 Å². The number of rotatable bonds is 12. The smallest absolute Gasteiger partial charge is 0.467 e. The van der Waals surface area contributed by atoms with Gasteiger partial charge in [-0.15, -0.1) is 12.4 Å². The highest BCUT2D eigenvalue weighted by Gasteiger charge is 2.10. The molecule has 0 saturated heterocycles. The molecule has 0 aliphatic carbocycles. The summed E-state index contributed by atoms with van der Waals surface area (Å²) in [6, 6.07) is 35.6. The van der Waals surface area contributed by atoms with Gasteiger partial charge >= 0.3 is 31.8 Å². The number of methoxy groups -OCH3 is 3. The molecule has 3 N–H and O–H groups in total. The van der Waals surface area contributed by atoms with Crippen molar-refractivity contribution in [2.24, 2.45) is 0 Å². The van der Waals surface area contributed by atoms with Gasteiger partial charge in [0.25, 0.3) is 0 Å². The molecule has 0 unspecified atom stereocenters. The van der Waals surface area contributed by atoms with E-state index in [0.29, 0.717) is 29.4 Å². The molecule has 7 rings (SSSR count). The van der Waals surface area contributed by atoms with Gasteiger partial charge < -0.3 is 34.3 Å². The van der Waals surface area contributed by atoms with E-state index in [2.05, 4.69) is 50.8 Å².